The second-order valence-corrected chi connectivity index (χ2v) is 7.33. The van der Waals surface area contributed by atoms with E-state index in [0.29, 0.717) is 33.2 Å². The molecule has 0 radical (unpaired) electrons. The van der Waals surface area contributed by atoms with Crippen molar-refractivity contribution in [2.75, 3.05) is 19.0 Å². The third-order valence-corrected chi connectivity index (χ3v) is 4.87. The predicted octanol–water partition coefficient (Wildman–Crippen LogP) is 4.34. The molecule has 9 heteroatoms. The van der Waals surface area contributed by atoms with Crippen molar-refractivity contribution >= 4 is 61.2 Å². The number of furan rings is 1. The lowest BCUT2D eigenvalue weighted by Gasteiger charge is -2.08. The molecule has 0 bridgehead atoms. The molecule has 4 rings (SSSR count). The van der Waals surface area contributed by atoms with Crippen molar-refractivity contribution in [1.29, 1.82) is 0 Å². The normalized spacial score (nSPS) is 11.2. The maximum atomic E-state index is 12.5. The molecule has 1 amide bonds. The smallest absolute Gasteiger partial charge is 0.294 e. The molecule has 2 aromatic heterocycles. The van der Waals surface area contributed by atoms with Crippen molar-refractivity contribution in [3.05, 3.63) is 56.2 Å². The highest BCUT2D eigenvalue weighted by Gasteiger charge is 2.16. The van der Waals surface area contributed by atoms with Gasteiger partial charge in [0.05, 0.1) is 5.02 Å². The first kappa shape index (κ1) is 18.7. The number of aromatic amines is 1. The number of methoxy groups -OCH3 is 1. The summed E-state index contributed by atoms with van der Waals surface area (Å²) in [5.41, 5.74) is 1.79. The van der Waals surface area contributed by atoms with Crippen LogP contribution in [-0.4, -0.2) is 29.6 Å². The average molecular weight is 463 g/mol. The number of carbonyl (C=O) groups is 1. The zero-order valence-electron chi connectivity index (χ0n) is 14.5. The fraction of sp³-hybridized carbons (Fsp3) is 0.105. The molecule has 2 heterocycles. The minimum atomic E-state index is -0.402. The zero-order valence-corrected chi connectivity index (χ0v) is 16.8. The highest BCUT2D eigenvalue weighted by Crippen LogP contribution is 2.31. The zero-order chi connectivity index (χ0) is 19.8. The van der Waals surface area contributed by atoms with Crippen LogP contribution in [0.4, 0.5) is 5.69 Å². The molecular formula is C19H13BrClN3O4. The number of fused-ring (bicyclic) bond motifs is 3. The van der Waals surface area contributed by atoms with E-state index in [-0.39, 0.29) is 18.1 Å². The van der Waals surface area contributed by atoms with Crippen LogP contribution in [0, 0.1) is 0 Å². The van der Waals surface area contributed by atoms with Gasteiger partial charge in [0.15, 0.2) is 0 Å². The second-order valence-electron chi connectivity index (χ2n) is 6.01. The maximum absolute atomic E-state index is 12.5. The van der Waals surface area contributed by atoms with Gasteiger partial charge in [-0.2, -0.15) is 0 Å². The van der Waals surface area contributed by atoms with E-state index in [0.717, 1.165) is 9.86 Å². The lowest BCUT2D eigenvalue weighted by molar-refractivity contribution is -0.119. The molecule has 0 unspecified atom stereocenters. The number of ether oxygens (including phenoxy) is 1. The van der Waals surface area contributed by atoms with Gasteiger partial charge in [0.25, 0.3) is 5.56 Å². The number of H-pyrrole nitrogens is 1. The van der Waals surface area contributed by atoms with Crippen molar-refractivity contribution in [2.24, 2.45) is 0 Å². The Morgan fingerprint density at radius 1 is 1.32 bits per heavy atom. The van der Waals surface area contributed by atoms with Gasteiger partial charge in [-0.3, -0.25) is 9.59 Å². The molecule has 0 saturated heterocycles. The second kappa shape index (κ2) is 7.38. The van der Waals surface area contributed by atoms with Gasteiger partial charge in [-0.25, -0.2) is 4.98 Å². The van der Waals surface area contributed by atoms with E-state index in [9.17, 15) is 9.59 Å². The van der Waals surface area contributed by atoms with Crippen LogP contribution in [0.25, 0.3) is 33.5 Å². The van der Waals surface area contributed by atoms with Gasteiger partial charge < -0.3 is 19.5 Å². The van der Waals surface area contributed by atoms with Crippen molar-refractivity contribution < 1.29 is 13.9 Å². The Bertz CT molecular complexity index is 1280. The molecular weight excluding hydrogens is 450 g/mol. The van der Waals surface area contributed by atoms with Gasteiger partial charge in [0.2, 0.25) is 11.5 Å². The van der Waals surface area contributed by atoms with Crippen LogP contribution in [0.2, 0.25) is 5.02 Å². The Kier molecular flexibility index (Phi) is 4.92. The third-order valence-electron chi connectivity index (χ3n) is 4.07. The molecule has 0 saturated carbocycles. The molecule has 0 atom stereocenters. The fourth-order valence-corrected chi connectivity index (χ4v) is 3.50. The number of anilines is 1. The minimum absolute atomic E-state index is 0.0615. The van der Waals surface area contributed by atoms with Gasteiger partial charge in [0.1, 0.15) is 23.5 Å². The number of nitrogens with one attached hydrogen (secondary N) is 2. The first-order valence-electron chi connectivity index (χ1n) is 8.17. The molecule has 7 nitrogen and oxygen atoms in total. The van der Waals surface area contributed by atoms with Crippen LogP contribution in [0.3, 0.4) is 0 Å². The topological polar surface area (TPSA) is 97.2 Å². The quantitative estimate of drug-likeness (QED) is 0.470. The van der Waals surface area contributed by atoms with E-state index < -0.39 is 5.56 Å². The average Bonchev–Trinajstić information content (AvgIpc) is 3.00. The van der Waals surface area contributed by atoms with E-state index >= 15 is 0 Å². The Hall–Kier alpha value is -2.68. The number of benzene rings is 2. The molecule has 2 N–H and O–H groups in total. The Labute approximate surface area is 171 Å². The maximum Gasteiger partial charge on any atom is 0.294 e. The first-order valence-corrected chi connectivity index (χ1v) is 9.34. The van der Waals surface area contributed by atoms with Crippen LogP contribution in [-0.2, 0) is 9.53 Å². The molecule has 0 fully saturated rings. The monoisotopic (exact) mass is 461 g/mol. The SMILES string of the molecule is COCC(=O)Nc1ccc(-c2nc3c(oc4ccc(Br)cc43)c(=O)[nH]2)c(Cl)c1. The number of aromatic nitrogens is 2. The van der Waals surface area contributed by atoms with Gasteiger partial charge in [-0.05, 0) is 36.4 Å². The molecule has 2 aromatic carbocycles. The van der Waals surface area contributed by atoms with E-state index in [4.69, 9.17) is 20.8 Å². The lowest BCUT2D eigenvalue weighted by atomic mass is 10.1. The summed E-state index contributed by atoms with van der Waals surface area (Å²) in [6.07, 6.45) is 0. The molecule has 0 aliphatic carbocycles. The number of nitrogens with zero attached hydrogens (tertiary/aromatic N) is 1. The van der Waals surface area contributed by atoms with Gasteiger partial charge in [-0.15, -0.1) is 0 Å². The molecule has 0 aliphatic heterocycles. The number of halogens is 2. The summed E-state index contributed by atoms with van der Waals surface area (Å²) in [4.78, 5) is 31.4. The van der Waals surface area contributed by atoms with E-state index in [1.165, 1.54) is 7.11 Å². The summed E-state index contributed by atoms with van der Waals surface area (Å²) in [5.74, 6) is 0.00894. The van der Waals surface area contributed by atoms with Crippen LogP contribution >= 0.6 is 27.5 Å². The Balaban J connectivity index is 1.80. The summed E-state index contributed by atoms with van der Waals surface area (Å²) >= 11 is 9.78. The molecule has 0 spiro atoms. The summed E-state index contributed by atoms with van der Waals surface area (Å²) < 4.78 is 11.3. The van der Waals surface area contributed by atoms with Crippen molar-refractivity contribution in [2.45, 2.75) is 0 Å². The summed E-state index contributed by atoms with van der Waals surface area (Å²) in [7, 11) is 1.44. The van der Waals surface area contributed by atoms with Crippen molar-refractivity contribution in [1.82, 2.24) is 9.97 Å². The number of hydrogen-bond donors (Lipinski definition) is 2. The molecule has 4 aromatic rings. The number of carbonyl (C=O) groups excluding carboxylic acids is 1. The summed E-state index contributed by atoms with van der Waals surface area (Å²) in [6, 6.07) is 10.4. The van der Waals surface area contributed by atoms with Crippen LogP contribution in [0.5, 0.6) is 0 Å². The standard InChI is InChI=1S/C19H13BrClN3O4/c1-27-8-15(25)22-10-3-4-11(13(21)7-10)18-23-16-12-6-9(20)2-5-14(12)28-17(16)19(26)24-18/h2-7H,8H2,1H3,(H,22,25)(H,23,24,26). The summed E-state index contributed by atoms with van der Waals surface area (Å²) in [6.45, 7) is -0.0615. The largest absolute Gasteiger partial charge is 0.449 e. The number of hydrogen-bond acceptors (Lipinski definition) is 5. The Morgan fingerprint density at radius 3 is 2.89 bits per heavy atom. The van der Waals surface area contributed by atoms with Crippen LogP contribution < -0.4 is 10.9 Å². The first-order chi connectivity index (χ1) is 13.5. The number of rotatable bonds is 4. The van der Waals surface area contributed by atoms with Crippen LogP contribution in [0.1, 0.15) is 0 Å². The molecule has 142 valence electrons. The van der Waals surface area contributed by atoms with Gasteiger partial charge >= 0.3 is 0 Å². The van der Waals surface area contributed by atoms with Gasteiger partial charge in [0, 0.05) is 28.2 Å². The minimum Gasteiger partial charge on any atom is -0.449 e. The Morgan fingerprint density at radius 2 is 2.14 bits per heavy atom. The highest BCUT2D eigenvalue weighted by atomic mass is 79.9. The van der Waals surface area contributed by atoms with E-state index in [1.807, 2.05) is 12.1 Å². The number of amides is 1. The molecule has 0 aliphatic rings. The van der Waals surface area contributed by atoms with E-state index in [1.54, 1.807) is 24.3 Å². The van der Waals surface area contributed by atoms with Gasteiger partial charge in [-0.1, -0.05) is 27.5 Å². The fourth-order valence-electron chi connectivity index (χ4n) is 2.87. The predicted molar refractivity (Wildman–Crippen MR) is 111 cm³/mol. The highest BCUT2D eigenvalue weighted by molar-refractivity contribution is 9.10. The van der Waals surface area contributed by atoms with Crippen LogP contribution in [0.15, 0.2) is 50.1 Å². The third kappa shape index (κ3) is 3.42. The van der Waals surface area contributed by atoms with E-state index in [2.05, 4.69) is 31.2 Å². The van der Waals surface area contributed by atoms with Crippen molar-refractivity contribution in [3.63, 3.8) is 0 Å². The summed E-state index contributed by atoms with van der Waals surface area (Å²) in [5, 5.41) is 3.71. The molecule has 28 heavy (non-hydrogen) atoms. The lowest BCUT2D eigenvalue weighted by Crippen LogP contribution is -2.17. The van der Waals surface area contributed by atoms with Crippen molar-refractivity contribution in [3.8, 4) is 11.4 Å².